The molecule has 0 aromatic heterocycles. The van der Waals surface area contributed by atoms with Crippen molar-refractivity contribution in [3.8, 4) is 0 Å². The number of urea groups is 1. The van der Waals surface area contributed by atoms with E-state index < -0.39 is 6.03 Å². The molecule has 7 heteroatoms. The van der Waals surface area contributed by atoms with Crippen LogP contribution in [-0.2, 0) is 4.79 Å². The van der Waals surface area contributed by atoms with Crippen LogP contribution in [0, 0.1) is 0 Å². The Morgan fingerprint density at radius 3 is 2.31 bits per heavy atom. The number of anilines is 1. The zero-order chi connectivity index (χ0) is 19.1. The summed E-state index contributed by atoms with van der Waals surface area (Å²) in [6, 6.07) is 7.25. The number of benzene rings is 1. The normalized spacial score (nSPS) is 16.0. The Labute approximate surface area is 154 Å². The van der Waals surface area contributed by atoms with Gasteiger partial charge in [0.1, 0.15) is 0 Å². The molecule has 1 heterocycles. The van der Waals surface area contributed by atoms with Gasteiger partial charge in [0.25, 0.3) is 5.91 Å². The molecule has 1 aromatic carbocycles. The summed E-state index contributed by atoms with van der Waals surface area (Å²) >= 11 is 0. The fourth-order valence-corrected chi connectivity index (χ4v) is 2.92. The molecule has 0 radical (unpaired) electrons. The smallest absolute Gasteiger partial charge is 0.321 e. The summed E-state index contributed by atoms with van der Waals surface area (Å²) in [6.07, 6.45) is 0.822. The van der Waals surface area contributed by atoms with Gasteiger partial charge in [-0.05, 0) is 44.5 Å². The molecule has 1 aromatic rings. The van der Waals surface area contributed by atoms with Gasteiger partial charge < -0.3 is 15.1 Å². The first-order valence-electron chi connectivity index (χ1n) is 9.19. The number of piperazine rings is 1. The third kappa shape index (κ3) is 5.84. The van der Waals surface area contributed by atoms with E-state index in [0.717, 1.165) is 43.2 Å². The molecule has 1 atom stereocenters. The lowest BCUT2D eigenvalue weighted by molar-refractivity contribution is -0.892. The Bertz CT molecular complexity index is 637. The fourth-order valence-electron chi connectivity index (χ4n) is 2.92. The Morgan fingerprint density at radius 2 is 1.77 bits per heavy atom. The van der Waals surface area contributed by atoms with Gasteiger partial charge in [0, 0.05) is 17.3 Å². The monoisotopic (exact) mass is 361 g/mol. The lowest BCUT2D eigenvalue weighted by atomic mass is 10.1. The largest absolute Gasteiger partial charge is 0.360 e. The van der Waals surface area contributed by atoms with Crippen molar-refractivity contribution in [2.45, 2.75) is 33.2 Å². The molecule has 1 saturated heterocycles. The fraction of sp³-hybridized carbons (Fsp3) is 0.526. The molecule has 3 N–H and O–H groups in total. The molecule has 7 nitrogen and oxygen atoms in total. The average molecular weight is 361 g/mol. The first-order valence-corrected chi connectivity index (χ1v) is 9.19. The molecular formula is C19H29N4O3+. The van der Waals surface area contributed by atoms with Crippen molar-refractivity contribution in [3.05, 3.63) is 29.8 Å². The minimum atomic E-state index is -0.423. The Kier molecular flexibility index (Phi) is 7.15. The molecule has 0 saturated carbocycles. The predicted molar refractivity (Wildman–Crippen MR) is 101 cm³/mol. The van der Waals surface area contributed by atoms with Crippen LogP contribution >= 0.6 is 0 Å². The van der Waals surface area contributed by atoms with E-state index in [1.165, 1.54) is 0 Å². The van der Waals surface area contributed by atoms with Gasteiger partial charge in [-0.2, -0.15) is 0 Å². The van der Waals surface area contributed by atoms with Gasteiger partial charge in [0.15, 0.2) is 12.3 Å². The highest BCUT2D eigenvalue weighted by Gasteiger charge is 2.23. The van der Waals surface area contributed by atoms with Crippen LogP contribution in [-0.4, -0.2) is 56.5 Å². The van der Waals surface area contributed by atoms with Crippen LogP contribution in [0.5, 0.6) is 0 Å². The van der Waals surface area contributed by atoms with Crippen LogP contribution in [0.25, 0.3) is 0 Å². The van der Waals surface area contributed by atoms with Crippen LogP contribution in [0.1, 0.15) is 37.6 Å². The lowest BCUT2D eigenvalue weighted by Gasteiger charge is -2.33. The van der Waals surface area contributed by atoms with Crippen LogP contribution in [0.3, 0.4) is 0 Å². The van der Waals surface area contributed by atoms with E-state index in [2.05, 4.69) is 15.5 Å². The molecule has 0 bridgehead atoms. The topological polar surface area (TPSA) is 82.9 Å². The van der Waals surface area contributed by atoms with Crippen molar-refractivity contribution >= 4 is 23.4 Å². The number of carbonyl (C=O) groups is 3. The van der Waals surface area contributed by atoms with E-state index in [-0.39, 0.29) is 17.7 Å². The van der Waals surface area contributed by atoms with Crippen LogP contribution in [0.2, 0.25) is 0 Å². The SMILES string of the molecule is CC[C@@H](C)NC(=O)NC(=O)C[NH+]1CCN(c2ccc(C(C)=O)cc2)CC1. The van der Waals surface area contributed by atoms with Crippen molar-refractivity contribution in [1.29, 1.82) is 0 Å². The first-order chi connectivity index (χ1) is 12.4. The zero-order valence-electron chi connectivity index (χ0n) is 15.8. The molecule has 2 rings (SSSR count). The maximum atomic E-state index is 12.0. The number of amides is 3. The van der Waals surface area contributed by atoms with Gasteiger partial charge in [-0.1, -0.05) is 6.92 Å². The van der Waals surface area contributed by atoms with Gasteiger partial charge >= 0.3 is 6.03 Å². The van der Waals surface area contributed by atoms with Gasteiger partial charge in [0.05, 0.1) is 26.2 Å². The molecule has 1 fully saturated rings. The van der Waals surface area contributed by atoms with Gasteiger partial charge in [-0.15, -0.1) is 0 Å². The molecule has 0 aliphatic carbocycles. The van der Waals surface area contributed by atoms with Crippen LogP contribution in [0.15, 0.2) is 24.3 Å². The lowest BCUT2D eigenvalue weighted by Crippen LogP contribution is -3.16. The summed E-state index contributed by atoms with van der Waals surface area (Å²) in [7, 11) is 0. The summed E-state index contributed by atoms with van der Waals surface area (Å²) in [6.45, 7) is 9.06. The quantitative estimate of drug-likeness (QED) is 0.633. The summed E-state index contributed by atoms with van der Waals surface area (Å²) in [5.74, 6) is -0.186. The Morgan fingerprint density at radius 1 is 1.15 bits per heavy atom. The third-order valence-corrected chi connectivity index (χ3v) is 4.76. The van der Waals surface area contributed by atoms with E-state index in [9.17, 15) is 14.4 Å². The van der Waals surface area contributed by atoms with Gasteiger partial charge in [-0.3, -0.25) is 14.9 Å². The first kappa shape index (κ1) is 19.9. The molecule has 3 amide bonds. The highest BCUT2D eigenvalue weighted by atomic mass is 16.2. The second-order valence-electron chi connectivity index (χ2n) is 6.85. The van der Waals surface area contributed by atoms with Gasteiger partial charge in [0.2, 0.25) is 0 Å². The number of quaternary nitrogens is 1. The van der Waals surface area contributed by atoms with Gasteiger partial charge in [-0.25, -0.2) is 4.79 Å². The molecule has 1 aliphatic heterocycles. The maximum Gasteiger partial charge on any atom is 0.321 e. The van der Waals surface area contributed by atoms with Crippen LogP contribution < -0.4 is 20.4 Å². The number of ketones is 1. The van der Waals surface area contributed by atoms with Crippen molar-refractivity contribution in [3.63, 3.8) is 0 Å². The molecule has 0 unspecified atom stereocenters. The second-order valence-corrected chi connectivity index (χ2v) is 6.85. The van der Waals surface area contributed by atoms with Crippen molar-refractivity contribution in [2.75, 3.05) is 37.6 Å². The Hall–Kier alpha value is -2.41. The summed E-state index contributed by atoms with van der Waals surface area (Å²) < 4.78 is 0. The van der Waals surface area contributed by atoms with E-state index in [4.69, 9.17) is 0 Å². The van der Waals surface area contributed by atoms with Crippen molar-refractivity contribution in [1.82, 2.24) is 10.6 Å². The highest BCUT2D eigenvalue weighted by molar-refractivity contribution is 5.95. The minimum Gasteiger partial charge on any atom is -0.360 e. The number of Topliss-reactive ketones (excluding diaryl/α,β-unsaturated/α-hetero) is 1. The second kappa shape index (κ2) is 9.33. The van der Waals surface area contributed by atoms with Crippen molar-refractivity contribution < 1.29 is 19.3 Å². The molecule has 142 valence electrons. The third-order valence-electron chi connectivity index (χ3n) is 4.76. The predicted octanol–water partition coefficient (Wildman–Crippen LogP) is 0.218. The highest BCUT2D eigenvalue weighted by Crippen LogP contribution is 2.15. The number of hydrogen-bond donors (Lipinski definition) is 3. The standard InChI is InChI=1S/C19H28N4O3/c1-4-14(2)20-19(26)21-18(25)13-22-9-11-23(12-10-22)17-7-5-16(6-8-17)15(3)24/h5-8,14H,4,9-13H2,1-3H3,(H2,20,21,25,26)/p+1/t14-/m1/s1. The molecule has 1 aliphatic rings. The molecule has 0 spiro atoms. The summed E-state index contributed by atoms with van der Waals surface area (Å²) in [4.78, 5) is 38.5. The minimum absolute atomic E-state index is 0.0492. The van der Waals surface area contributed by atoms with E-state index >= 15 is 0 Å². The van der Waals surface area contributed by atoms with E-state index in [0.29, 0.717) is 12.1 Å². The number of nitrogens with one attached hydrogen (secondary N) is 3. The molecule has 26 heavy (non-hydrogen) atoms. The van der Waals surface area contributed by atoms with Crippen molar-refractivity contribution in [2.24, 2.45) is 0 Å². The van der Waals surface area contributed by atoms with E-state index in [1.54, 1.807) is 6.92 Å². The maximum absolute atomic E-state index is 12.0. The number of nitrogens with zero attached hydrogens (tertiary/aromatic N) is 1. The number of rotatable bonds is 6. The Balaban J connectivity index is 1.76. The summed E-state index contributed by atoms with van der Waals surface area (Å²) in [5, 5.41) is 5.12. The molecular weight excluding hydrogens is 332 g/mol. The number of imide groups is 1. The zero-order valence-corrected chi connectivity index (χ0v) is 15.8. The average Bonchev–Trinajstić information content (AvgIpc) is 2.62. The number of hydrogen-bond acceptors (Lipinski definition) is 4. The van der Waals surface area contributed by atoms with E-state index in [1.807, 2.05) is 38.1 Å². The number of carbonyl (C=O) groups excluding carboxylic acids is 3. The summed E-state index contributed by atoms with van der Waals surface area (Å²) in [5.41, 5.74) is 1.80. The van der Waals surface area contributed by atoms with Crippen LogP contribution in [0.4, 0.5) is 10.5 Å².